The van der Waals surface area contributed by atoms with Gasteiger partial charge in [0, 0.05) is 22.5 Å². The lowest BCUT2D eigenvalue weighted by Gasteiger charge is -2.30. The molecule has 0 radical (unpaired) electrons. The maximum atomic E-state index is 13.2. The monoisotopic (exact) mass is 557 g/mol. The highest BCUT2D eigenvalue weighted by Gasteiger charge is 2.26. The number of nitrogens with two attached hydrogens (primary N) is 2. The smallest absolute Gasteiger partial charge is 0.336 e. The van der Waals surface area contributed by atoms with Crippen LogP contribution < -0.4 is 27.7 Å². The molecule has 0 unspecified atom stereocenters. The summed E-state index contributed by atoms with van der Waals surface area (Å²) < 4.78 is 5.16. The molecule has 1 amide bonds. The first-order chi connectivity index (χ1) is 17.4. The van der Waals surface area contributed by atoms with Gasteiger partial charge in [-0.2, -0.15) is 0 Å². The van der Waals surface area contributed by atoms with Crippen molar-refractivity contribution in [3.05, 3.63) is 70.3 Å². The molecule has 38 heavy (non-hydrogen) atoms. The Morgan fingerprint density at radius 3 is 2.61 bits per heavy atom. The SMILES string of the molecule is Cc1ccc2nc(C(=O)Nc3ccc4oc(=O)ccc4c3)nc(N[C@H]3CCCC[C@H]3N=C(N)N)c2c1.Cl.Cl. The minimum atomic E-state index is -0.457. The zero-order valence-corrected chi connectivity index (χ0v) is 22.3. The van der Waals surface area contributed by atoms with Crippen LogP contribution in [0.25, 0.3) is 21.9 Å². The summed E-state index contributed by atoms with van der Waals surface area (Å²) in [7, 11) is 0. The molecule has 200 valence electrons. The fourth-order valence-electron chi connectivity index (χ4n) is 4.59. The number of nitrogens with zero attached hydrogens (tertiary/aromatic N) is 3. The van der Waals surface area contributed by atoms with Crippen molar-refractivity contribution >= 4 is 70.1 Å². The Morgan fingerprint density at radius 1 is 1.03 bits per heavy atom. The molecule has 1 fully saturated rings. The normalized spacial score (nSPS) is 16.7. The second-order valence-electron chi connectivity index (χ2n) is 9.03. The zero-order valence-electron chi connectivity index (χ0n) is 20.6. The number of aliphatic imine (C=N–C) groups is 1. The summed E-state index contributed by atoms with van der Waals surface area (Å²) in [5.74, 6) is 0.202. The number of anilines is 2. The van der Waals surface area contributed by atoms with Crippen LogP contribution in [0.4, 0.5) is 11.5 Å². The van der Waals surface area contributed by atoms with E-state index in [0.29, 0.717) is 28.0 Å². The summed E-state index contributed by atoms with van der Waals surface area (Å²) in [6.45, 7) is 1.99. The molecule has 0 saturated heterocycles. The van der Waals surface area contributed by atoms with E-state index in [1.165, 1.54) is 6.07 Å². The van der Waals surface area contributed by atoms with E-state index in [1.807, 2.05) is 25.1 Å². The van der Waals surface area contributed by atoms with Gasteiger partial charge in [0.1, 0.15) is 11.4 Å². The van der Waals surface area contributed by atoms with Gasteiger partial charge < -0.3 is 26.5 Å². The van der Waals surface area contributed by atoms with E-state index >= 15 is 0 Å². The van der Waals surface area contributed by atoms with Crippen LogP contribution in [-0.2, 0) is 0 Å². The van der Waals surface area contributed by atoms with Crippen molar-refractivity contribution < 1.29 is 9.21 Å². The average molecular weight is 558 g/mol. The van der Waals surface area contributed by atoms with Crippen molar-refractivity contribution in [3.8, 4) is 0 Å². The standard InChI is InChI=1S/C26H27N7O3.2ClH/c1-14-6-9-18-17(12-14)23(31-19-4-2-3-5-20(19)32-26(27)28)33-24(30-18)25(35)29-16-8-10-21-15(13-16)7-11-22(34)36-21;;/h6-13,19-20H,2-5H2,1H3,(H,29,35)(H4,27,28,32)(H,30,31,33);2*1H/t19-,20+;;/m0../s1. The molecule has 6 N–H and O–H groups in total. The summed E-state index contributed by atoms with van der Waals surface area (Å²) >= 11 is 0. The zero-order chi connectivity index (χ0) is 25.2. The maximum absolute atomic E-state index is 13.2. The van der Waals surface area contributed by atoms with E-state index in [0.717, 1.165) is 36.6 Å². The minimum Gasteiger partial charge on any atom is -0.423 e. The van der Waals surface area contributed by atoms with Gasteiger partial charge in [-0.1, -0.05) is 24.5 Å². The van der Waals surface area contributed by atoms with Gasteiger partial charge in [0.2, 0.25) is 5.82 Å². The first-order valence-electron chi connectivity index (χ1n) is 11.8. The molecule has 2 atom stereocenters. The molecule has 1 saturated carbocycles. The highest BCUT2D eigenvalue weighted by molar-refractivity contribution is 6.04. The molecule has 1 aliphatic rings. The van der Waals surface area contributed by atoms with Gasteiger partial charge >= 0.3 is 5.63 Å². The van der Waals surface area contributed by atoms with Crippen LogP contribution in [0.5, 0.6) is 0 Å². The number of fused-ring (bicyclic) bond motifs is 2. The third-order valence-corrected chi connectivity index (χ3v) is 6.30. The first kappa shape index (κ1) is 28.7. The van der Waals surface area contributed by atoms with Crippen molar-refractivity contribution in [1.29, 1.82) is 0 Å². The third kappa shape index (κ3) is 6.32. The Hall–Kier alpha value is -3.89. The van der Waals surface area contributed by atoms with Crippen LogP contribution in [0.1, 0.15) is 41.9 Å². The molecular weight excluding hydrogens is 529 g/mol. The van der Waals surface area contributed by atoms with E-state index in [-0.39, 0.29) is 48.7 Å². The highest BCUT2D eigenvalue weighted by atomic mass is 35.5. The minimum absolute atomic E-state index is 0. The number of benzene rings is 2. The maximum Gasteiger partial charge on any atom is 0.336 e. The molecule has 2 heterocycles. The largest absolute Gasteiger partial charge is 0.423 e. The molecule has 10 nitrogen and oxygen atoms in total. The van der Waals surface area contributed by atoms with Crippen LogP contribution in [0, 0.1) is 6.92 Å². The summed E-state index contributed by atoms with van der Waals surface area (Å²) in [5, 5.41) is 7.85. The number of hydrogen-bond acceptors (Lipinski definition) is 7. The van der Waals surface area contributed by atoms with E-state index in [9.17, 15) is 9.59 Å². The number of aromatic nitrogens is 2. The molecule has 1 aliphatic carbocycles. The molecular formula is C26H29Cl2N7O3. The Bertz CT molecular complexity index is 1550. The number of aryl methyl sites for hydroxylation is 1. The lowest BCUT2D eigenvalue weighted by molar-refractivity contribution is 0.101. The van der Waals surface area contributed by atoms with Gasteiger partial charge in [-0.15, -0.1) is 24.8 Å². The Kier molecular flexibility index (Phi) is 9.13. The second-order valence-corrected chi connectivity index (χ2v) is 9.03. The number of carbonyl (C=O) groups excluding carboxylic acids is 1. The van der Waals surface area contributed by atoms with Crippen LogP contribution in [0.15, 0.2) is 62.7 Å². The number of rotatable bonds is 5. The van der Waals surface area contributed by atoms with Gasteiger partial charge in [-0.25, -0.2) is 19.8 Å². The summed E-state index contributed by atoms with van der Waals surface area (Å²) in [4.78, 5) is 38.2. The second kappa shape index (κ2) is 12.1. The van der Waals surface area contributed by atoms with Crippen molar-refractivity contribution in [3.63, 3.8) is 0 Å². The molecule has 0 aliphatic heterocycles. The predicted octanol–water partition coefficient (Wildman–Crippen LogP) is 4.14. The fraction of sp³-hybridized carbons (Fsp3) is 0.269. The number of carbonyl (C=O) groups is 1. The van der Waals surface area contributed by atoms with Crippen LogP contribution in [0.3, 0.4) is 0 Å². The highest BCUT2D eigenvalue weighted by Crippen LogP contribution is 2.28. The van der Waals surface area contributed by atoms with E-state index < -0.39 is 11.5 Å². The van der Waals surface area contributed by atoms with Crippen molar-refractivity contribution in [2.75, 3.05) is 10.6 Å². The number of hydrogen-bond donors (Lipinski definition) is 4. The van der Waals surface area contributed by atoms with Crippen molar-refractivity contribution in [1.82, 2.24) is 9.97 Å². The van der Waals surface area contributed by atoms with Crippen LogP contribution in [-0.4, -0.2) is 33.9 Å². The van der Waals surface area contributed by atoms with Gasteiger partial charge in [-0.05, 0) is 56.2 Å². The van der Waals surface area contributed by atoms with Gasteiger partial charge in [0.25, 0.3) is 5.91 Å². The Morgan fingerprint density at radius 2 is 1.82 bits per heavy atom. The Balaban J connectivity index is 0.00000200. The van der Waals surface area contributed by atoms with E-state index in [2.05, 4.69) is 25.6 Å². The van der Waals surface area contributed by atoms with Gasteiger partial charge in [0.15, 0.2) is 5.96 Å². The fourth-order valence-corrected chi connectivity index (χ4v) is 4.59. The Labute approximate surface area is 231 Å². The molecule has 2 aromatic carbocycles. The average Bonchev–Trinajstić information content (AvgIpc) is 2.85. The summed E-state index contributed by atoms with van der Waals surface area (Å²) in [5.41, 5.74) is 13.6. The number of guanidine groups is 1. The van der Waals surface area contributed by atoms with Crippen molar-refractivity contribution in [2.45, 2.75) is 44.7 Å². The lowest BCUT2D eigenvalue weighted by atomic mass is 9.90. The molecule has 0 bridgehead atoms. The number of halogens is 2. The summed E-state index contributed by atoms with van der Waals surface area (Å²) in [6, 6.07) is 13.7. The van der Waals surface area contributed by atoms with Crippen LogP contribution in [0.2, 0.25) is 0 Å². The molecule has 5 rings (SSSR count). The molecule has 12 heteroatoms. The topological polar surface area (TPSA) is 162 Å². The first-order valence-corrected chi connectivity index (χ1v) is 11.8. The van der Waals surface area contributed by atoms with Gasteiger partial charge in [-0.3, -0.25) is 4.79 Å². The van der Waals surface area contributed by atoms with Crippen molar-refractivity contribution in [2.24, 2.45) is 16.5 Å². The van der Waals surface area contributed by atoms with E-state index in [4.69, 9.17) is 15.9 Å². The molecule has 4 aromatic rings. The van der Waals surface area contributed by atoms with Gasteiger partial charge in [0.05, 0.1) is 17.6 Å². The number of amides is 1. The quantitative estimate of drug-likeness (QED) is 0.161. The predicted molar refractivity (Wildman–Crippen MR) is 155 cm³/mol. The van der Waals surface area contributed by atoms with Crippen LogP contribution >= 0.6 is 24.8 Å². The lowest BCUT2D eigenvalue weighted by Crippen LogP contribution is -2.38. The number of nitrogens with one attached hydrogen (secondary N) is 2. The molecule has 0 spiro atoms. The van der Waals surface area contributed by atoms with E-state index in [1.54, 1.807) is 24.3 Å². The third-order valence-electron chi connectivity index (χ3n) is 6.30. The summed E-state index contributed by atoms with van der Waals surface area (Å²) in [6.07, 6.45) is 3.85. The molecule has 2 aromatic heterocycles.